The number of hydrogen-bond acceptors (Lipinski definition) is 3. The van der Waals surface area contributed by atoms with Crippen molar-refractivity contribution in [1.82, 2.24) is 14.5 Å². The number of imidazole rings is 1. The molecule has 2 N–H and O–H groups in total. The van der Waals surface area contributed by atoms with Gasteiger partial charge in [-0.1, -0.05) is 0 Å². The molecular formula is C15H12F2N4. The van der Waals surface area contributed by atoms with Crippen LogP contribution in [0.3, 0.4) is 0 Å². The van der Waals surface area contributed by atoms with Crippen molar-refractivity contribution in [3.8, 4) is 11.4 Å². The van der Waals surface area contributed by atoms with Crippen molar-refractivity contribution in [1.29, 1.82) is 0 Å². The molecule has 0 spiro atoms. The van der Waals surface area contributed by atoms with Gasteiger partial charge in [0.05, 0.1) is 11.3 Å². The molecule has 4 rings (SSSR count). The number of pyridine rings is 1. The van der Waals surface area contributed by atoms with Gasteiger partial charge < -0.3 is 10.3 Å². The molecule has 1 fully saturated rings. The van der Waals surface area contributed by atoms with Crippen LogP contribution in [0.25, 0.3) is 22.6 Å². The van der Waals surface area contributed by atoms with Gasteiger partial charge in [0.1, 0.15) is 23.0 Å². The third-order valence-electron chi connectivity index (χ3n) is 3.69. The maximum Gasteiger partial charge on any atom is 0.160 e. The number of nitrogens with zero attached hydrogens (tertiary/aromatic N) is 3. The van der Waals surface area contributed by atoms with Crippen LogP contribution in [0.2, 0.25) is 0 Å². The van der Waals surface area contributed by atoms with E-state index in [1.807, 2.05) is 10.6 Å². The average Bonchev–Trinajstić information content (AvgIpc) is 3.23. The molecule has 0 bridgehead atoms. The minimum atomic E-state index is -0.761. The summed E-state index contributed by atoms with van der Waals surface area (Å²) in [5.41, 5.74) is 7.10. The predicted molar refractivity (Wildman–Crippen MR) is 75.6 cm³/mol. The minimum Gasteiger partial charge on any atom is -0.396 e. The van der Waals surface area contributed by atoms with E-state index >= 15 is 0 Å². The first-order valence-corrected chi connectivity index (χ1v) is 6.73. The van der Waals surface area contributed by atoms with E-state index in [2.05, 4.69) is 9.97 Å². The van der Waals surface area contributed by atoms with E-state index in [0.29, 0.717) is 11.3 Å². The number of nitrogens with two attached hydrogens (primary N) is 1. The zero-order valence-electron chi connectivity index (χ0n) is 11.1. The van der Waals surface area contributed by atoms with Gasteiger partial charge in [0.15, 0.2) is 5.65 Å². The molecule has 1 aromatic carbocycles. The number of halogens is 2. The molecule has 4 nitrogen and oxygen atoms in total. The van der Waals surface area contributed by atoms with Crippen molar-refractivity contribution in [2.24, 2.45) is 0 Å². The van der Waals surface area contributed by atoms with Crippen molar-refractivity contribution in [2.75, 3.05) is 5.73 Å². The van der Waals surface area contributed by atoms with Crippen molar-refractivity contribution in [3.05, 3.63) is 42.1 Å². The Morgan fingerprint density at radius 2 is 2.00 bits per heavy atom. The zero-order chi connectivity index (χ0) is 14.6. The SMILES string of the molecule is Nc1cc(-c2nc3cccnc3n2C2CC2)c(F)cc1F. The molecule has 0 unspecified atom stereocenters. The summed E-state index contributed by atoms with van der Waals surface area (Å²) in [7, 11) is 0. The lowest BCUT2D eigenvalue weighted by Crippen LogP contribution is -2.02. The van der Waals surface area contributed by atoms with Crippen LogP contribution in [0.5, 0.6) is 0 Å². The first kappa shape index (κ1) is 12.3. The zero-order valence-corrected chi connectivity index (χ0v) is 11.1. The highest BCUT2D eigenvalue weighted by molar-refractivity contribution is 5.78. The summed E-state index contributed by atoms with van der Waals surface area (Å²) in [6, 6.07) is 5.98. The smallest absolute Gasteiger partial charge is 0.160 e. The Morgan fingerprint density at radius 1 is 1.19 bits per heavy atom. The molecule has 2 aromatic heterocycles. The van der Waals surface area contributed by atoms with Gasteiger partial charge in [-0.3, -0.25) is 0 Å². The van der Waals surface area contributed by atoms with E-state index in [1.165, 1.54) is 6.07 Å². The Labute approximate surface area is 119 Å². The Balaban J connectivity index is 2.02. The second-order valence-electron chi connectivity index (χ2n) is 5.24. The topological polar surface area (TPSA) is 56.7 Å². The maximum absolute atomic E-state index is 14.1. The molecule has 1 aliphatic carbocycles. The summed E-state index contributed by atoms with van der Waals surface area (Å²) < 4.78 is 29.4. The highest BCUT2D eigenvalue weighted by atomic mass is 19.1. The van der Waals surface area contributed by atoms with Crippen LogP contribution in [-0.4, -0.2) is 14.5 Å². The van der Waals surface area contributed by atoms with Crippen LogP contribution in [0.4, 0.5) is 14.5 Å². The van der Waals surface area contributed by atoms with Gasteiger partial charge in [-0.15, -0.1) is 0 Å². The van der Waals surface area contributed by atoms with Crippen LogP contribution in [0.1, 0.15) is 18.9 Å². The van der Waals surface area contributed by atoms with E-state index in [-0.39, 0.29) is 17.3 Å². The van der Waals surface area contributed by atoms with Gasteiger partial charge >= 0.3 is 0 Å². The van der Waals surface area contributed by atoms with Crippen LogP contribution in [0, 0.1) is 11.6 Å². The Morgan fingerprint density at radius 3 is 2.76 bits per heavy atom. The fourth-order valence-corrected chi connectivity index (χ4v) is 2.54. The average molecular weight is 286 g/mol. The first-order valence-electron chi connectivity index (χ1n) is 6.73. The van der Waals surface area contributed by atoms with E-state index in [1.54, 1.807) is 12.3 Å². The van der Waals surface area contributed by atoms with E-state index < -0.39 is 11.6 Å². The summed E-state index contributed by atoms with van der Waals surface area (Å²) in [5, 5.41) is 0. The number of hydrogen-bond donors (Lipinski definition) is 1. The molecule has 21 heavy (non-hydrogen) atoms. The molecule has 0 radical (unpaired) electrons. The molecule has 1 aliphatic rings. The molecule has 106 valence electrons. The summed E-state index contributed by atoms with van der Waals surface area (Å²) in [6.45, 7) is 0. The van der Waals surface area contributed by atoms with E-state index in [4.69, 9.17) is 5.73 Å². The van der Waals surface area contributed by atoms with Gasteiger partial charge in [0.25, 0.3) is 0 Å². The van der Waals surface area contributed by atoms with E-state index in [0.717, 1.165) is 24.6 Å². The summed E-state index contributed by atoms with van der Waals surface area (Å²) in [5.74, 6) is -0.974. The van der Waals surface area contributed by atoms with Gasteiger partial charge in [-0.2, -0.15) is 0 Å². The minimum absolute atomic E-state index is 0.0891. The lowest BCUT2D eigenvalue weighted by atomic mass is 10.1. The highest BCUT2D eigenvalue weighted by Gasteiger charge is 2.30. The van der Waals surface area contributed by atoms with Crippen molar-refractivity contribution >= 4 is 16.9 Å². The number of nitrogen functional groups attached to an aromatic ring is 1. The molecule has 6 heteroatoms. The summed E-state index contributed by atoms with van der Waals surface area (Å²) >= 11 is 0. The second-order valence-corrected chi connectivity index (χ2v) is 5.24. The quantitative estimate of drug-likeness (QED) is 0.735. The highest BCUT2D eigenvalue weighted by Crippen LogP contribution is 2.41. The second kappa shape index (κ2) is 4.25. The summed E-state index contributed by atoms with van der Waals surface area (Å²) in [4.78, 5) is 8.79. The molecule has 0 atom stereocenters. The molecule has 0 saturated heterocycles. The Bertz CT molecular complexity index is 852. The molecule has 0 aliphatic heterocycles. The van der Waals surface area contributed by atoms with Crippen LogP contribution in [0.15, 0.2) is 30.5 Å². The number of fused-ring (bicyclic) bond motifs is 1. The third kappa shape index (κ3) is 1.86. The first-order chi connectivity index (χ1) is 10.1. The van der Waals surface area contributed by atoms with Crippen molar-refractivity contribution in [2.45, 2.75) is 18.9 Å². The normalized spacial score (nSPS) is 14.8. The third-order valence-corrected chi connectivity index (χ3v) is 3.69. The van der Waals surface area contributed by atoms with Gasteiger partial charge in [-0.25, -0.2) is 18.7 Å². The summed E-state index contributed by atoms with van der Waals surface area (Å²) in [6.07, 6.45) is 3.70. The lowest BCUT2D eigenvalue weighted by molar-refractivity contribution is 0.586. The largest absolute Gasteiger partial charge is 0.396 e. The molecule has 1 saturated carbocycles. The molecule has 3 aromatic rings. The monoisotopic (exact) mass is 286 g/mol. The van der Waals surface area contributed by atoms with Gasteiger partial charge in [0, 0.05) is 18.3 Å². The molecular weight excluding hydrogens is 274 g/mol. The Kier molecular flexibility index (Phi) is 2.48. The fourth-order valence-electron chi connectivity index (χ4n) is 2.54. The number of rotatable bonds is 2. The Hall–Kier alpha value is -2.50. The number of benzene rings is 1. The van der Waals surface area contributed by atoms with Crippen LogP contribution >= 0.6 is 0 Å². The fraction of sp³-hybridized carbons (Fsp3) is 0.200. The number of aromatic nitrogens is 3. The predicted octanol–water partition coefficient (Wildman–Crippen LogP) is 3.29. The molecule has 0 amide bonds. The van der Waals surface area contributed by atoms with Crippen LogP contribution in [-0.2, 0) is 0 Å². The lowest BCUT2D eigenvalue weighted by Gasteiger charge is -2.09. The van der Waals surface area contributed by atoms with Gasteiger partial charge in [-0.05, 0) is 31.0 Å². The van der Waals surface area contributed by atoms with Crippen molar-refractivity contribution < 1.29 is 8.78 Å². The van der Waals surface area contributed by atoms with E-state index in [9.17, 15) is 8.78 Å². The van der Waals surface area contributed by atoms with Crippen molar-refractivity contribution in [3.63, 3.8) is 0 Å². The van der Waals surface area contributed by atoms with Gasteiger partial charge in [0.2, 0.25) is 0 Å². The van der Waals surface area contributed by atoms with Crippen LogP contribution < -0.4 is 5.73 Å². The standard InChI is InChI=1S/C15H12F2N4/c16-10-7-11(17)12(18)6-9(10)14-20-13-2-1-5-19-15(13)21(14)8-3-4-8/h1-2,5-8H,3-4,18H2. The molecule has 2 heterocycles. The number of anilines is 1. The maximum atomic E-state index is 14.1.